The molecular formula is C21H25N3O3. The molecule has 0 radical (unpaired) electrons. The van der Waals surface area contributed by atoms with Gasteiger partial charge in [-0.25, -0.2) is 0 Å². The van der Waals surface area contributed by atoms with Crippen LogP contribution in [0.5, 0.6) is 0 Å². The zero-order valence-electron chi connectivity index (χ0n) is 15.4. The Hall–Kier alpha value is -2.44. The van der Waals surface area contributed by atoms with Crippen LogP contribution in [0.1, 0.15) is 23.2 Å². The molecule has 2 aromatic rings. The molecule has 0 atom stereocenters. The monoisotopic (exact) mass is 367 g/mol. The predicted molar refractivity (Wildman–Crippen MR) is 104 cm³/mol. The highest BCUT2D eigenvalue weighted by Gasteiger charge is 2.28. The average Bonchev–Trinajstić information content (AvgIpc) is 2.75. The number of ether oxygens (including phenoxy) is 1. The predicted octanol–water partition coefficient (Wildman–Crippen LogP) is 1.98. The number of likely N-dealkylation sites (tertiary alicyclic amines) is 1. The number of carbonyl (C=O) groups excluding carboxylic acids is 1. The Morgan fingerprint density at radius 1 is 0.926 bits per heavy atom. The Balaban J connectivity index is 1.37. The number of carbonyl (C=O) groups is 1. The molecule has 6 heteroatoms. The maximum atomic E-state index is 12.8. The van der Waals surface area contributed by atoms with Crippen LogP contribution < -0.4 is 5.56 Å². The third-order valence-corrected chi connectivity index (χ3v) is 5.56. The van der Waals surface area contributed by atoms with Crippen molar-refractivity contribution in [2.24, 2.45) is 0 Å². The van der Waals surface area contributed by atoms with Gasteiger partial charge in [0.05, 0.1) is 13.2 Å². The summed E-state index contributed by atoms with van der Waals surface area (Å²) in [6.07, 6.45) is 3.75. The molecule has 2 fully saturated rings. The SMILES string of the molecule is O=C(c1ccc(-c2ccc(=O)[nH]c2)cc1)N1CCC(N2CCOCC2)CC1. The van der Waals surface area contributed by atoms with E-state index in [1.165, 1.54) is 6.07 Å². The average molecular weight is 367 g/mol. The third kappa shape index (κ3) is 4.12. The summed E-state index contributed by atoms with van der Waals surface area (Å²) in [5.74, 6) is 0.100. The van der Waals surface area contributed by atoms with Gasteiger partial charge < -0.3 is 14.6 Å². The van der Waals surface area contributed by atoms with E-state index < -0.39 is 0 Å². The molecule has 2 aliphatic heterocycles. The summed E-state index contributed by atoms with van der Waals surface area (Å²) in [5.41, 5.74) is 2.51. The van der Waals surface area contributed by atoms with Crippen molar-refractivity contribution < 1.29 is 9.53 Å². The number of rotatable bonds is 3. The quantitative estimate of drug-likeness (QED) is 0.901. The number of hydrogen-bond acceptors (Lipinski definition) is 4. The van der Waals surface area contributed by atoms with Crippen LogP contribution in [0.3, 0.4) is 0 Å². The van der Waals surface area contributed by atoms with E-state index >= 15 is 0 Å². The van der Waals surface area contributed by atoms with Gasteiger partial charge in [-0.2, -0.15) is 0 Å². The standard InChI is InChI=1S/C21H25N3O3/c25-20-6-5-18(15-22-20)16-1-3-17(4-2-16)21(26)24-9-7-19(8-10-24)23-11-13-27-14-12-23/h1-6,15,19H,7-14H2,(H,22,25). The molecule has 6 nitrogen and oxygen atoms in total. The molecule has 2 aliphatic rings. The Kier molecular flexibility index (Phi) is 5.36. The summed E-state index contributed by atoms with van der Waals surface area (Å²) in [6, 6.07) is 11.5. The maximum absolute atomic E-state index is 12.8. The number of hydrogen-bond donors (Lipinski definition) is 1. The number of morpholine rings is 1. The number of pyridine rings is 1. The van der Waals surface area contributed by atoms with Gasteiger partial charge in [0.1, 0.15) is 0 Å². The van der Waals surface area contributed by atoms with Crippen LogP contribution in [0, 0.1) is 0 Å². The number of nitrogens with zero attached hydrogens (tertiary/aromatic N) is 2. The Morgan fingerprint density at radius 2 is 1.59 bits per heavy atom. The first kappa shape index (κ1) is 17.9. The fourth-order valence-corrected chi connectivity index (χ4v) is 3.95. The minimum absolute atomic E-state index is 0.100. The van der Waals surface area contributed by atoms with Crippen LogP contribution in [0.25, 0.3) is 11.1 Å². The second kappa shape index (κ2) is 8.06. The van der Waals surface area contributed by atoms with Crippen molar-refractivity contribution in [1.29, 1.82) is 0 Å². The summed E-state index contributed by atoms with van der Waals surface area (Å²) < 4.78 is 5.43. The fourth-order valence-electron chi connectivity index (χ4n) is 3.95. The molecule has 27 heavy (non-hydrogen) atoms. The van der Waals surface area contributed by atoms with Gasteiger partial charge in [-0.15, -0.1) is 0 Å². The number of amides is 1. The molecule has 2 saturated heterocycles. The van der Waals surface area contributed by atoms with Crippen molar-refractivity contribution in [2.45, 2.75) is 18.9 Å². The van der Waals surface area contributed by atoms with Crippen LogP contribution in [0.2, 0.25) is 0 Å². The topological polar surface area (TPSA) is 65.6 Å². The number of benzene rings is 1. The molecule has 1 aromatic heterocycles. The molecular weight excluding hydrogens is 342 g/mol. The van der Waals surface area contributed by atoms with Crippen molar-refractivity contribution in [3.05, 3.63) is 58.5 Å². The number of piperidine rings is 1. The lowest BCUT2D eigenvalue weighted by Gasteiger charge is -2.40. The normalized spacial score (nSPS) is 19.2. The molecule has 1 N–H and O–H groups in total. The van der Waals surface area contributed by atoms with Crippen molar-refractivity contribution in [3.63, 3.8) is 0 Å². The lowest BCUT2D eigenvalue weighted by Crippen LogP contribution is -2.50. The molecule has 3 heterocycles. The molecule has 0 bridgehead atoms. The molecule has 4 rings (SSSR count). The summed E-state index contributed by atoms with van der Waals surface area (Å²) in [6.45, 7) is 5.27. The Labute approximate surface area is 158 Å². The van der Waals surface area contributed by atoms with Gasteiger partial charge in [-0.05, 0) is 42.2 Å². The van der Waals surface area contributed by atoms with Gasteiger partial charge >= 0.3 is 0 Å². The zero-order valence-corrected chi connectivity index (χ0v) is 15.4. The van der Waals surface area contributed by atoms with E-state index in [0.717, 1.165) is 63.4 Å². The molecule has 0 aliphatic carbocycles. The van der Waals surface area contributed by atoms with E-state index in [1.54, 1.807) is 12.3 Å². The van der Waals surface area contributed by atoms with E-state index in [1.807, 2.05) is 29.2 Å². The highest BCUT2D eigenvalue weighted by atomic mass is 16.5. The number of nitrogens with one attached hydrogen (secondary N) is 1. The zero-order chi connectivity index (χ0) is 18.6. The maximum Gasteiger partial charge on any atom is 0.253 e. The number of aromatic nitrogens is 1. The highest BCUT2D eigenvalue weighted by molar-refractivity contribution is 5.94. The summed E-state index contributed by atoms with van der Waals surface area (Å²) in [7, 11) is 0. The van der Waals surface area contributed by atoms with Crippen molar-refractivity contribution in [1.82, 2.24) is 14.8 Å². The molecule has 142 valence electrons. The fraction of sp³-hybridized carbons (Fsp3) is 0.429. The van der Waals surface area contributed by atoms with E-state index in [4.69, 9.17) is 4.74 Å². The minimum atomic E-state index is -0.119. The first-order valence-electron chi connectivity index (χ1n) is 9.61. The van der Waals surface area contributed by atoms with Crippen molar-refractivity contribution in [3.8, 4) is 11.1 Å². The number of H-pyrrole nitrogens is 1. The second-order valence-electron chi connectivity index (χ2n) is 7.19. The molecule has 0 saturated carbocycles. The number of aromatic amines is 1. The lowest BCUT2D eigenvalue weighted by atomic mass is 10.0. The third-order valence-electron chi connectivity index (χ3n) is 5.56. The van der Waals surface area contributed by atoms with Gasteiger partial charge in [-0.3, -0.25) is 14.5 Å². The van der Waals surface area contributed by atoms with Crippen molar-refractivity contribution >= 4 is 5.91 Å². The summed E-state index contributed by atoms with van der Waals surface area (Å²) >= 11 is 0. The van der Waals surface area contributed by atoms with Crippen LogP contribution in [0.15, 0.2) is 47.4 Å². The Morgan fingerprint density at radius 3 is 2.22 bits per heavy atom. The van der Waals surface area contributed by atoms with Gasteiger partial charge in [0.2, 0.25) is 5.56 Å². The van der Waals surface area contributed by atoms with Crippen molar-refractivity contribution in [2.75, 3.05) is 39.4 Å². The van der Waals surface area contributed by atoms with Gasteiger partial charge in [-0.1, -0.05) is 12.1 Å². The molecule has 1 amide bonds. The van der Waals surface area contributed by atoms with Crippen LogP contribution in [-0.2, 0) is 4.74 Å². The highest BCUT2D eigenvalue weighted by Crippen LogP contribution is 2.21. The summed E-state index contributed by atoms with van der Waals surface area (Å²) in [4.78, 5) is 31.1. The molecule has 1 aromatic carbocycles. The second-order valence-corrected chi connectivity index (χ2v) is 7.19. The minimum Gasteiger partial charge on any atom is -0.379 e. The first-order valence-corrected chi connectivity index (χ1v) is 9.61. The van der Waals surface area contributed by atoms with Gasteiger partial charge in [0, 0.05) is 50.0 Å². The van der Waals surface area contributed by atoms with Crippen LogP contribution >= 0.6 is 0 Å². The lowest BCUT2D eigenvalue weighted by molar-refractivity contribution is 0.00159. The smallest absolute Gasteiger partial charge is 0.253 e. The van der Waals surface area contributed by atoms with E-state index in [2.05, 4.69) is 9.88 Å². The van der Waals surface area contributed by atoms with E-state index in [-0.39, 0.29) is 11.5 Å². The Bertz CT molecular complexity index is 812. The largest absolute Gasteiger partial charge is 0.379 e. The summed E-state index contributed by atoms with van der Waals surface area (Å²) in [5, 5.41) is 0. The molecule has 0 unspecified atom stereocenters. The first-order chi connectivity index (χ1) is 13.2. The van der Waals surface area contributed by atoms with Crippen LogP contribution in [0.4, 0.5) is 0 Å². The van der Waals surface area contributed by atoms with E-state index in [9.17, 15) is 9.59 Å². The van der Waals surface area contributed by atoms with Gasteiger partial charge in [0.15, 0.2) is 0 Å². The van der Waals surface area contributed by atoms with E-state index in [0.29, 0.717) is 11.6 Å². The van der Waals surface area contributed by atoms with Crippen LogP contribution in [-0.4, -0.2) is 66.1 Å². The molecule has 0 spiro atoms. The van der Waals surface area contributed by atoms with Gasteiger partial charge in [0.25, 0.3) is 5.91 Å².